The van der Waals surface area contributed by atoms with Crippen molar-refractivity contribution >= 4 is 23.2 Å². The van der Waals surface area contributed by atoms with Gasteiger partial charge in [-0.1, -0.05) is 75.4 Å². The van der Waals surface area contributed by atoms with E-state index in [-0.39, 0.29) is 24.4 Å². The Kier molecular flexibility index (Phi) is 9.54. The molecule has 2 aromatic rings. The number of thiophene rings is 1. The smallest absolute Gasteiger partial charge is 0.243 e. The van der Waals surface area contributed by atoms with Crippen molar-refractivity contribution in [1.29, 1.82) is 0 Å². The van der Waals surface area contributed by atoms with Crippen LogP contribution in [0.1, 0.15) is 73.9 Å². The van der Waals surface area contributed by atoms with Gasteiger partial charge in [0.05, 0.1) is 6.04 Å². The molecular weight excluding hydrogens is 416 g/mol. The predicted octanol–water partition coefficient (Wildman–Crippen LogP) is 5.99. The van der Waals surface area contributed by atoms with Crippen LogP contribution < -0.4 is 0 Å². The highest BCUT2D eigenvalue weighted by Crippen LogP contribution is 2.37. The first kappa shape index (κ1) is 24.2. The molecule has 1 aliphatic rings. The zero-order valence-corrected chi connectivity index (χ0v) is 20.1. The van der Waals surface area contributed by atoms with Gasteiger partial charge in [0.2, 0.25) is 11.8 Å². The molecule has 0 saturated heterocycles. The molecule has 1 unspecified atom stereocenters. The summed E-state index contributed by atoms with van der Waals surface area (Å²) in [4.78, 5) is 31.3. The number of benzene rings is 1. The molecule has 0 N–H and O–H groups in total. The van der Waals surface area contributed by atoms with Gasteiger partial charge in [-0.3, -0.25) is 9.59 Å². The molecule has 2 amide bonds. The number of hydrogen-bond donors (Lipinski definition) is 0. The standard InChI is InChI=1S/C27H36N2O2S/c1-3-5-6-7-8-12-15-25(30)28(18-4-2)21-26(31)29-19-16-24-23(17-20-32-24)27(29)22-13-10-9-11-14-22/h4,9-11,13-14,17,20,27H,2-3,5-8,12,15-16,18-19,21H2,1H3. The van der Waals surface area contributed by atoms with E-state index in [4.69, 9.17) is 0 Å². The Morgan fingerprint density at radius 1 is 1.12 bits per heavy atom. The van der Waals surface area contributed by atoms with E-state index in [0.29, 0.717) is 19.5 Å². The summed E-state index contributed by atoms with van der Waals surface area (Å²) in [7, 11) is 0. The van der Waals surface area contributed by atoms with E-state index in [1.165, 1.54) is 36.1 Å². The lowest BCUT2D eigenvalue weighted by Gasteiger charge is -2.37. The van der Waals surface area contributed by atoms with E-state index in [0.717, 1.165) is 24.8 Å². The van der Waals surface area contributed by atoms with Crippen molar-refractivity contribution in [3.05, 3.63) is 70.4 Å². The minimum absolute atomic E-state index is 0.00819. The van der Waals surface area contributed by atoms with Crippen molar-refractivity contribution < 1.29 is 9.59 Å². The van der Waals surface area contributed by atoms with Crippen molar-refractivity contribution in [1.82, 2.24) is 9.80 Å². The Labute approximate surface area is 196 Å². The number of carbonyl (C=O) groups is 2. The molecule has 0 aliphatic carbocycles. The van der Waals surface area contributed by atoms with Gasteiger partial charge < -0.3 is 9.80 Å². The Balaban J connectivity index is 1.66. The average Bonchev–Trinajstić information content (AvgIpc) is 3.29. The fourth-order valence-electron chi connectivity index (χ4n) is 4.46. The second-order valence-corrected chi connectivity index (χ2v) is 9.53. The number of rotatable bonds is 12. The topological polar surface area (TPSA) is 40.6 Å². The van der Waals surface area contributed by atoms with Crippen LogP contribution in [-0.2, 0) is 16.0 Å². The largest absolute Gasteiger partial charge is 0.330 e. The molecule has 0 saturated carbocycles. The molecule has 32 heavy (non-hydrogen) atoms. The molecule has 5 heteroatoms. The van der Waals surface area contributed by atoms with Crippen molar-refractivity contribution in [3.8, 4) is 0 Å². The van der Waals surface area contributed by atoms with Crippen LogP contribution in [0, 0.1) is 0 Å². The van der Waals surface area contributed by atoms with Gasteiger partial charge in [-0.15, -0.1) is 17.9 Å². The molecule has 0 spiro atoms. The molecule has 1 atom stereocenters. The van der Waals surface area contributed by atoms with Crippen LogP contribution in [0.4, 0.5) is 0 Å². The van der Waals surface area contributed by atoms with Crippen molar-refractivity contribution in [3.63, 3.8) is 0 Å². The van der Waals surface area contributed by atoms with E-state index in [9.17, 15) is 9.59 Å². The van der Waals surface area contributed by atoms with Crippen LogP contribution in [0.3, 0.4) is 0 Å². The van der Waals surface area contributed by atoms with E-state index in [2.05, 4.69) is 37.1 Å². The molecule has 1 aromatic heterocycles. The van der Waals surface area contributed by atoms with E-state index >= 15 is 0 Å². The third kappa shape index (κ3) is 6.32. The molecule has 4 nitrogen and oxygen atoms in total. The monoisotopic (exact) mass is 452 g/mol. The highest BCUT2D eigenvalue weighted by Gasteiger charge is 2.33. The maximum Gasteiger partial charge on any atom is 0.243 e. The van der Waals surface area contributed by atoms with Crippen LogP contribution in [0.15, 0.2) is 54.4 Å². The van der Waals surface area contributed by atoms with Crippen molar-refractivity contribution in [2.75, 3.05) is 19.6 Å². The molecular formula is C27H36N2O2S. The zero-order chi connectivity index (χ0) is 22.8. The summed E-state index contributed by atoms with van der Waals surface area (Å²) in [5.41, 5.74) is 2.34. The molecule has 0 bridgehead atoms. The Bertz CT molecular complexity index is 877. The lowest BCUT2D eigenvalue weighted by atomic mass is 9.93. The Hall–Kier alpha value is -2.40. The number of amides is 2. The summed E-state index contributed by atoms with van der Waals surface area (Å²) in [5.74, 6) is 0.0621. The summed E-state index contributed by atoms with van der Waals surface area (Å²) >= 11 is 1.76. The van der Waals surface area contributed by atoms with Gasteiger partial charge in [0.1, 0.15) is 6.54 Å². The van der Waals surface area contributed by atoms with Crippen LogP contribution in [0.25, 0.3) is 0 Å². The van der Waals surface area contributed by atoms with Crippen molar-refractivity contribution in [2.24, 2.45) is 0 Å². The lowest BCUT2D eigenvalue weighted by molar-refractivity contribution is -0.141. The first-order valence-electron chi connectivity index (χ1n) is 11.9. The molecule has 1 aliphatic heterocycles. The third-order valence-corrected chi connectivity index (χ3v) is 7.17. The summed E-state index contributed by atoms with van der Waals surface area (Å²) < 4.78 is 0. The number of carbonyl (C=O) groups excluding carboxylic acids is 2. The Morgan fingerprint density at radius 3 is 2.62 bits per heavy atom. The normalized spacial score (nSPS) is 15.3. The number of nitrogens with zero attached hydrogens (tertiary/aromatic N) is 2. The quantitative estimate of drug-likeness (QED) is 0.293. The zero-order valence-electron chi connectivity index (χ0n) is 19.3. The maximum atomic E-state index is 13.5. The highest BCUT2D eigenvalue weighted by atomic mass is 32.1. The van der Waals surface area contributed by atoms with Crippen LogP contribution in [-0.4, -0.2) is 41.2 Å². The number of unbranched alkanes of at least 4 members (excludes halogenated alkanes) is 5. The van der Waals surface area contributed by atoms with Gasteiger partial charge in [0.15, 0.2) is 0 Å². The SMILES string of the molecule is C=CCN(CC(=O)N1CCc2sccc2C1c1ccccc1)C(=O)CCCCCCCC. The predicted molar refractivity (Wildman–Crippen MR) is 133 cm³/mol. The average molecular weight is 453 g/mol. The summed E-state index contributed by atoms with van der Waals surface area (Å²) in [6, 6.07) is 12.3. The minimum Gasteiger partial charge on any atom is -0.330 e. The van der Waals surface area contributed by atoms with Crippen LogP contribution in [0.2, 0.25) is 0 Å². The Morgan fingerprint density at radius 2 is 1.88 bits per heavy atom. The van der Waals surface area contributed by atoms with Gasteiger partial charge in [-0.05, 0) is 35.4 Å². The molecule has 172 valence electrons. The van der Waals surface area contributed by atoms with Gasteiger partial charge in [-0.2, -0.15) is 0 Å². The summed E-state index contributed by atoms with van der Waals surface area (Å²) in [6.45, 7) is 7.21. The lowest BCUT2D eigenvalue weighted by Crippen LogP contribution is -2.46. The second-order valence-electron chi connectivity index (χ2n) is 8.53. The van der Waals surface area contributed by atoms with Gasteiger partial charge in [0, 0.05) is 24.4 Å². The number of fused-ring (bicyclic) bond motifs is 1. The van der Waals surface area contributed by atoms with E-state index < -0.39 is 0 Å². The fourth-order valence-corrected chi connectivity index (χ4v) is 5.36. The van der Waals surface area contributed by atoms with Crippen LogP contribution in [0.5, 0.6) is 0 Å². The molecule has 3 rings (SSSR count). The van der Waals surface area contributed by atoms with Gasteiger partial charge >= 0.3 is 0 Å². The van der Waals surface area contributed by atoms with Gasteiger partial charge in [-0.25, -0.2) is 0 Å². The molecule has 1 aromatic carbocycles. The van der Waals surface area contributed by atoms with E-state index in [1.807, 2.05) is 23.1 Å². The molecule has 0 radical (unpaired) electrons. The maximum absolute atomic E-state index is 13.5. The van der Waals surface area contributed by atoms with Crippen LogP contribution >= 0.6 is 11.3 Å². The van der Waals surface area contributed by atoms with E-state index in [1.54, 1.807) is 22.3 Å². The second kappa shape index (κ2) is 12.6. The molecule has 0 fully saturated rings. The summed E-state index contributed by atoms with van der Waals surface area (Å²) in [6.07, 6.45) is 9.95. The number of hydrogen-bond acceptors (Lipinski definition) is 3. The highest BCUT2D eigenvalue weighted by molar-refractivity contribution is 7.10. The third-order valence-electron chi connectivity index (χ3n) is 6.17. The first-order valence-corrected chi connectivity index (χ1v) is 12.8. The summed E-state index contributed by atoms with van der Waals surface area (Å²) in [5, 5.41) is 2.11. The fraction of sp³-hybridized carbons (Fsp3) is 0.481. The first-order chi connectivity index (χ1) is 15.7. The van der Waals surface area contributed by atoms with Gasteiger partial charge in [0.25, 0.3) is 0 Å². The van der Waals surface area contributed by atoms with Crippen molar-refractivity contribution in [2.45, 2.75) is 64.3 Å². The molecule has 2 heterocycles. The minimum atomic E-state index is -0.0852.